The molecule has 0 radical (unpaired) electrons. The number of amides is 1. The molecule has 2 aromatic rings. The molecule has 1 atom stereocenters. The van der Waals surface area contributed by atoms with Crippen LogP contribution in [-0.4, -0.2) is 36.4 Å². The zero-order valence-electron chi connectivity index (χ0n) is 14.8. The maximum absolute atomic E-state index is 12.3. The van der Waals surface area contributed by atoms with Gasteiger partial charge in [0, 0.05) is 6.07 Å². The van der Waals surface area contributed by atoms with Crippen LogP contribution in [0.25, 0.3) is 0 Å². The van der Waals surface area contributed by atoms with Crippen LogP contribution in [0.5, 0.6) is 23.0 Å². The van der Waals surface area contributed by atoms with E-state index < -0.39 is 22.7 Å². The summed E-state index contributed by atoms with van der Waals surface area (Å²) in [5.41, 5.74) is 1.82. The second-order valence-electron chi connectivity index (χ2n) is 5.65. The van der Waals surface area contributed by atoms with Crippen molar-refractivity contribution in [2.45, 2.75) is 13.0 Å². The van der Waals surface area contributed by atoms with Crippen molar-refractivity contribution in [3.8, 4) is 23.0 Å². The molecule has 2 aromatic carbocycles. The molecule has 0 bridgehead atoms. The normalized spacial score (nSPS) is 15.2. The fourth-order valence-electron chi connectivity index (χ4n) is 2.46. The van der Waals surface area contributed by atoms with Gasteiger partial charge in [0.05, 0.1) is 23.8 Å². The minimum absolute atomic E-state index is 0.00350. The van der Waals surface area contributed by atoms with E-state index in [0.717, 1.165) is 18.3 Å². The van der Waals surface area contributed by atoms with Crippen LogP contribution in [0, 0.1) is 10.1 Å². The lowest BCUT2D eigenvalue weighted by Crippen LogP contribution is -2.42. The van der Waals surface area contributed by atoms with E-state index in [1.807, 2.05) is 0 Å². The fourth-order valence-corrected chi connectivity index (χ4v) is 2.46. The summed E-state index contributed by atoms with van der Waals surface area (Å²) in [6, 6.07) is 9.01. The molecule has 10 heteroatoms. The molecule has 0 fully saturated rings. The van der Waals surface area contributed by atoms with Gasteiger partial charge in [0.2, 0.25) is 6.10 Å². The van der Waals surface area contributed by atoms with E-state index in [2.05, 4.69) is 10.5 Å². The molecule has 0 aliphatic carbocycles. The molecule has 10 nitrogen and oxygen atoms in total. The van der Waals surface area contributed by atoms with Gasteiger partial charge in [-0.25, -0.2) is 5.43 Å². The lowest BCUT2D eigenvalue weighted by atomic mass is 10.1. The maximum Gasteiger partial charge on any atom is 0.284 e. The van der Waals surface area contributed by atoms with E-state index >= 15 is 0 Å². The van der Waals surface area contributed by atoms with Crippen LogP contribution in [0.4, 0.5) is 5.69 Å². The summed E-state index contributed by atoms with van der Waals surface area (Å²) in [5, 5.41) is 27.0. The number of para-hydroxylation sites is 2. The van der Waals surface area contributed by atoms with Gasteiger partial charge in [0.1, 0.15) is 12.4 Å². The second kappa shape index (κ2) is 8.25. The lowest BCUT2D eigenvalue weighted by Gasteiger charge is -2.24. The average molecular weight is 386 g/mol. The fraction of sp³-hybridized carbons (Fsp3) is 0.222. The highest BCUT2D eigenvalue weighted by Gasteiger charge is 2.27. The predicted octanol–water partition coefficient (Wildman–Crippen LogP) is 1.36. The number of rotatable bonds is 6. The van der Waals surface area contributed by atoms with Gasteiger partial charge in [0.25, 0.3) is 11.6 Å². The smallest absolute Gasteiger partial charge is 0.284 e. The largest absolute Gasteiger partial charge is 0.870 e. The van der Waals surface area contributed by atoms with Crippen molar-refractivity contribution < 1.29 is 29.0 Å². The molecule has 1 aliphatic heterocycles. The standard InChI is InChI=1S/C18H17N3O7/c1-2-26-15-8-12(21(24)25)7-11(17(15)22)9-19-20-18(23)16-10-27-13-5-3-4-6-14(13)28-16/h3-9,16,22H,2,10H2,1H3,(H,20,23)/p-1/b19-9-/t16-/m1/s1. The first kappa shape index (κ1) is 19.0. The number of nitrogens with zero attached hydrogens (tertiary/aromatic N) is 2. The van der Waals surface area contributed by atoms with Crippen LogP contribution in [-0.2, 0) is 4.79 Å². The third kappa shape index (κ3) is 4.11. The van der Waals surface area contributed by atoms with Gasteiger partial charge in [-0.2, -0.15) is 5.10 Å². The first-order chi connectivity index (χ1) is 13.5. The summed E-state index contributed by atoms with van der Waals surface area (Å²) in [4.78, 5) is 22.5. The van der Waals surface area contributed by atoms with E-state index in [0.29, 0.717) is 11.5 Å². The number of carbonyl (C=O) groups excluding carboxylic acids is 1. The summed E-state index contributed by atoms with van der Waals surface area (Å²) >= 11 is 0. The number of hydrogen-bond donors (Lipinski definition) is 1. The van der Waals surface area contributed by atoms with E-state index in [4.69, 9.17) is 14.2 Å². The summed E-state index contributed by atoms with van der Waals surface area (Å²) < 4.78 is 16.1. The summed E-state index contributed by atoms with van der Waals surface area (Å²) in [6.45, 7) is 1.82. The van der Waals surface area contributed by atoms with Crippen molar-refractivity contribution in [3.05, 3.63) is 52.1 Å². The molecule has 3 rings (SSSR count). The Morgan fingerprint density at radius 1 is 1.39 bits per heavy atom. The highest BCUT2D eigenvalue weighted by molar-refractivity contribution is 5.88. The number of ether oxygens (including phenoxy) is 3. The van der Waals surface area contributed by atoms with Crippen molar-refractivity contribution in [2.24, 2.45) is 5.10 Å². The first-order valence-electron chi connectivity index (χ1n) is 8.33. The molecule has 0 aromatic heterocycles. The Hall–Kier alpha value is -3.82. The Morgan fingerprint density at radius 2 is 2.14 bits per heavy atom. The van der Waals surface area contributed by atoms with Crippen molar-refractivity contribution in [1.29, 1.82) is 0 Å². The van der Waals surface area contributed by atoms with Crippen LogP contribution >= 0.6 is 0 Å². The number of hydrazone groups is 1. The van der Waals surface area contributed by atoms with E-state index in [1.54, 1.807) is 31.2 Å². The number of nitro benzene ring substituents is 1. The molecular weight excluding hydrogens is 370 g/mol. The van der Waals surface area contributed by atoms with Crippen molar-refractivity contribution in [1.82, 2.24) is 5.43 Å². The summed E-state index contributed by atoms with van der Waals surface area (Å²) in [6.07, 6.45) is 0.0933. The summed E-state index contributed by atoms with van der Waals surface area (Å²) in [5.74, 6) is -0.360. The number of nitro groups is 1. The van der Waals surface area contributed by atoms with Gasteiger partial charge in [-0.15, -0.1) is 0 Å². The molecule has 1 heterocycles. The molecule has 0 unspecified atom stereocenters. The van der Waals surface area contributed by atoms with Crippen molar-refractivity contribution in [3.63, 3.8) is 0 Å². The Labute approximate surface area is 159 Å². The lowest BCUT2D eigenvalue weighted by molar-refractivity contribution is -0.385. The highest BCUT2D eigenvalue weighted by atomic mass is 16.6. The minimum atomic E-state index is -0.928. The van der Waals surface area contributed by atoms with Crippen LogP contribution in [0.1, 0.15) is 12.5 Å². The van der Waals surface area contributed by atoms with E-state index in [1.165, 1.54) is 0 Å². The number of carbonyl (C=O) groups is 1. The molecular formula is C18H16N3O7-. The third-order valence-corrected chi connectivity index (χ3v) is 3.76. The molecule has 1 amide bonds. The zero-order chi connectivity index (χ0) is 20.1. The minimum Gasteiger partial charge on any atom is -0.870 e. The number of fused-ring (bicyclic) bond motifs is 1. The second-order valence-corrected chi connectivity index (χ2v) is 5.65. The van der Waals surface area contributed by atoms with Crippen LogP contribution < -0.4 is 24.7 Å². The first-order valence-corrected chi connectivity index (χ1v) is 8.33. The van der Waals surface area contributed by atoms with Crippen LogP contribution in [0.3, 0.4) is 0 Å². The van der Waals surface area contributed by atoms with Crippen LogP contribution in [0.2, 0.25) is 0 Å². The summed E-state index contributed by atoms with van der Waals surface area (Å²) in [7, 11) is 0. The van der Waals surface area contributed by atoms with Gasteiger partial charge in [-0.3, -0.25) is 14.9 Å². The Morgan fingerprint density at radius 3 is 2.86 bits per heavy atom. The number of non-ortho nitro benzene ring substituents is 1. The monoisotopic (exact) mass is 386 g/mol. The Bertz CT molecular complexity index is 929. The number of hydrogen-bond acceptors (Lipinski definition) is 8. The van der Waals surface area contributed by atoms with Gasteiger partial charge in [0.15, 0.2) is 11.5 Å². The van der Waals surface area contributed by atoms with Crippen molar-refractivity contribution >= 4 is 17.8 Å². The SMILES string of the molecule is CCOc1cc([N+](=O)[O-])cc(/C=N\NC(=O)[C@H]2COc3ccccc3O2)c1[O-]. The molecule has 28 heavy (non-hydrogen) atoms. The molecule has 0 saturated carbocycles. The Balaban J connectivity index is 1.70. The zero-order valence-corrected chi connectivity index (χ0v) is 14.8. The van der Waals surface area contributed by atoms with Crippen molar-refractivity contribution in [2.75, 3.05) is 13.2 Å². The van der Waals surface area contributed by atoms with Crippen LogP contribution in [0.15, 0.2) is 41.5 Å². The van der Waals surface area contributed by atoms with E-state index in [-0.39, 0.29) is 30.2 Å². The van der Waals surface area contributed by atoms with Gasteiger partial charge in [-0.05, 0) is 24.6 Å². The quantitative estimate of drug-likeness (QED) is 0.450. The Kier molecular flexibility index (Phi) is 5.58. The topological polar surface area (TPSA) is 135 Å². The predicted molar refractivity (Wildman–Crippen MR) is 95.8 cm³/mol. The maximum atomic E-state index is 12.3. The van der Waals surface area contributed by atoms with Gasteiger partial charge < -0.3 is 19.3 Å². The third-order valence-electron chi connectivity index (χ3n) is 3.76. The molecule has 1 aliphatic rings. The highest BCUT2D eigenvalue weighted by Crippen LogP contribution is 2.32. The molecule has 146 valence electrons. The van der Waals surface area contributed by atoms with Gasteiger partial charge in [-0.1, -0.05) is 17.9 Å². The number of nitrogens with one attached hydrogen (secondary N) is 1. The molecule has 1 N–H and O–H groups in total. The molecule has 0 saturated heterocycles. The average Bonchev–Trinajstić information content (AvgIpc) is 2.70. The van der Waals surface area contributed by atoms with Gasteiger partial charge >= 0.3 is 0 Å². The molecule has 0 spiro atoms. The number of benzene rings is 2. The van der Waals surface area contributed by atoms with E-state index in [9.17, 15) is 20.0 Å².